The van der Waals surface area contributed by atoms with Gasteiger partial charge in [0, 0.05) is 59.9 Å². The van der Waals surface area contributed by atoms with Crippen LogP contribution in [0, 0.1) is 11.8 Å². The lowest BCUT2D eigenvalue weighted by Crippen LogP contribution is -2.54. The van der Waals surface area contributed by atoms with Crippen LogP contribution >= 0.6 is 0 Å². The average Bonchev–Trinajstić information content (AvgIpc) is 3.68. The fourth-order valence-corrected chi connectivity index (χ4v) is 7.10. The molecular formula is C50H60N10O14. The number of urea groups is 1. The lowest BCUT2D eigenvalue weighted by molar-refractivity contribution is -0.137. The van der Waals surface area contributed by atoms with Crippen LogP contribution in [-0.4, -0.2) is 114 Å². The van der Waals surface area contributed by atoms with Gasteiger partial charge < -0.3 is 57.7 Å². The molecule has 394 valence electrons. The topological polar surface area (TPSA) is 349 Å². The second kappa shape index (κ2) is 28.2. The molecular weight excluding hydrogens is 965 g/mol. The third-order valence-corrected chi connectivity index (χ3v) is 11.1. The van der Waals surface area contributed by atoms with E-state index in [1.165, 1.54) is 19.1 Å². The number of amides is 11. The molecule has 74 heavy (non-hydrogen) atoms. The van der Waals surface area contributed by atoms with E-state index < -0.39 is 95.2 Å². The third-order valence-electron chi connectivity index (χ3n) is 11.1. The fourth-order valence-electron chi connectivity index (χ4n) is 7.10. The highest BCUT2D eigenvalue weighted by molar-refractivity contribution is 6.13. The number of nitrogens with zero attached hydrogens (tertiary/aromatic N) is 1. The molecule has 1 aliphatic heterocycles. The first-order chi connectivity index (χ1) is 35.2. The predicted molar refractivity (Wildman–Crippen MR) is 266 cm³/mol. The molecule has 0 saturated carbocycles. The van der Waals surface area contributed by atoms with Crippen LogP contribution in [0.25, 0.3) is 0 Å². The van der Waals surface area contributed by atoms with Gasteiger partial charge in [-0.3, -0.25) is 57.6 Å². The highest BCUT2D eigenvalue weighted by Crippen LogP contribution is 2.19. The van der Waals surface area contributed by atoms with Crippen molar-refractivity contribution in [2.24, 2.45) is 17.6 Å². The Bertz CT molecular complexity index is 2580. The molecule has 3 aromatic rings. The Balaban J connectivity index is 1.56. The van der Waals surface area contributed by atoms with Crippen molar-refractivity contribution in [3.8, 4) is 0 Å². The van der Waals surface area contributed by atoms with E-state index in [1.807, 2.05) is 0 Å². The van der Waals surface area contributed by atoms with Crippen LogP contribution in [0.15, 0.2) is 78.9 Å². The summed E-state index contributed by atoms with van der Waals surface area (Å²) < 4.78 is 9.48. The van der Waals surface area contributed by atoms with E-state index in [4.69, 9.17) is 15.2 Å². The van der Waals surface area contributed by atoms with E-state index in [-0.39, 0.29) is 62.4 Å². The normalized spacial score (nSPS) is 13.4. The van der Waals surface area contributed by atoms with Crippen LogP contribution in [-0.2, 0) is 65.8 Å². The highest BCUT2D eigenvalue weighted by Gasteiger charge is 2.32. The minimum absolute atomic E-state index is 0.00378. The minimum Gasteiger partial charge on any atom is -0.463 e. The van der Waals surface area contributed by atoms with Crippen molar-refractivity contribution in [2.75, 3.05) is 29.0 Å². The molecule has 1 aliphatic rings. The van der Waals surface area contributed by atoms with Crippen molar-refractivity contribution < 1.29 is 67.0 Å². The molecule has 0 radical (unpaired) electrons. The van der Waals surface area contributed by atoms with Crippen molar-refractivity contribution in [3.63, 3.8) is 0 Å². The molecule has 4 atom stereocenters. The van der Waals surface area contributed by atoms with Crippen LogP contribution in [0.1, 0.15) is 85.7 Å². The lowest BCUT2D eigenvalue weighted by Gasteiger charge is -2.26. The number of nitrogens with two attached hydrogens (primary N) is 1. The molecule has 24 heteroatoms. The average molecular weight is 1030 g/mol. The van der Waals surface area contributed by atoms with Gasteiger partial charge in [-0.15, -0.1) is 0 Å². The van der Waals surface area contributed by atoms with Crippen LogP contribution in [0.4, 0.5) is 21.9 Å². The molecule has 4 rings (SSSR count). The number of rotatable bonds is 28. The first kappa shape index (κ1) is 57.6. The van der Waals surface area contributed by atoms with Gasteiger partial charge in [0.15, 0.2) is 0 Å². The number of carbonyl (C=O) groups excluding carboxylic acids is 12. The van der Waals surface area contributed by atoms with Crippen LogP contribution in [0.3, 0.4) is 0 Å². The number of hydrogen-bond donors (Lipinski definition) is 9. The van der Waals surface area contributed by atoms with Gasteiger partial charge in [-0.05, 0) is 85.2 Å². The Morgan fingerprint density at radius 3 is 1.53 bits per heavy atom. The summed E-state index contributed by atoms with van der Waals surface area (Å²) in [5.74, 6) is -7.66. The first-order valence-electron chi connectivity index (χ1n) is 23.3. The van der Waals surface area contributed by atoms with Crippen LogP contribution < -0.4 is 48.3 Å². The minimum atomic E-state index is -1.31. The van der Waals surface area contributed by atoms with Gasteiger partial charge in [-0.2, -0.15) is 0 Å². The second-order valence-corrected chi connectivity index (χ2v) is 17.6. The monoisotopic (exact) mass is 1020 g/mol. The summed E-state index contributed by atoms with van der Waals surface area (Å²) in [6.45, 7) is 8.39. The maximum atomic E-state index is 14.2. The maximum Gasteiger partial charge on any atom is 0.312 e. The van der Waals surface area contributed by atoms with Gasteiger partial charge in [-0.25, -0.2) is 4.79 Å². The Morgan fingerprint density at radius 1 is 0.595 bits per heavy atom. The van der Waals surface area contributed by atoms with Crippen molar-refractivity contribution >= 4 is 89.2 Å². The van der Waals surface area contributed by atoms with E-state index in [0.717, 1.165) is 23.1 Å². The lowest BCUT2D eigenvalue weighted by atomic mass is 10.00. The zero-order chi connectivity index (χ0) is 54.5. The number of imide groups is 1. The van der Waals surface area contributed by atoms with Crippen LogP contribution in [0.2, 0.25) is 0 Å². The van der Waals surface area contributed by atoms with Crippen molar-refractivity contribution in [2.45, 2.75) is 91.3 Å². The molecule has 24 nitrogen and oxygen atoms in total. The number of nitrogens with one attached hydrogen (secondary N) is 8. The van der Waals surface area contributed by atoms with Gasteiger partial charge >= 0.3 is 6.03 Å². The molecule has 0 fully saturated rings. The number of primary amides is 1. The summed E-state index contributed by atoms with van der Waals surface area (Å²) >= 11 is 0. The predicted octanol–water partition coefficient (Wildman–Crippen LogP) is 1.51. The van der Waals surface area contributed by atoms with Gasteiger partial charge in [0.2, 0.25) is 29.5 Å². The first-order valence-corrected chi connectivity index (χ1v) is 23.3. The number of benzene rings is 3. The molecule has 0 aromatic heterocycles. The number of ether oxygens (including phenoxy) is 2. The Labute approximate surface area is 425 Å². The van der Waals surface area contributed by atoms with Crippen LogP contribution in [0.5, 0.6) is 0 Å². The van der Waals surface area contributed by atoms with E-state index in [2.05, 4.69) is 42.5 Å². The van der Waals surface area contributed by atoms with E-state index in [9.17, 15) is 57.5 Å². The van der Waals surface area contributed by atoms with Gasteiger partial charge in [0.1, 0.15) is 37.4 Å². The summed E-state index contributed by atoms with van der Waals surface area (Å²) in [6, 6.07) is 10.7. The van der Waals surface area contributed by atoms with E-state index in [1.54, 1.807) is 76.2 Å². The van der Waals surface area contributed by atoms with Crippen molar-refractivity contribution in [1.82, 2.24) is 31.5 Å². The molecule has 0 bridgehead atoms. The quantitative estimate of drug-likeness (QED) is 0.0283. The number of anilines is 3. The Kier molecular flexibility index (Phi) is 21.9. The smallest absolute Gasteiger partial charge is 0.312 e. The number of hydrogen-bond acceptors (Lipinski definition) is 14. The SMILES string of the molecule is CC(C)C(NC(=O)c1cc(NC(=O)CCN2C(=O)C=CC2=O)cc(C(=O)NC(C(=O)N[C@@H](CCCNC(N)=O)C(=O)Nc2ccc(COC=O)cc2)C(C)C)c1)C(=O)N[C@@H](C)C(=O)Nc1ccc(COC=O)cc1. The molecule has 3 aromatic carbocycles. The maximum absolute atomic E-state index is 14.2. The molecule has 0 aliphatic carbocycles. The molecule has 10 N–H and O–H groups in total. The zero-order valence-corrected chi connectivity index (χ0v) is 41.3. The Hall–Kier alpha value is -8.96. The fraction of sp³-hybridized carbons (Fsp3) is 0.360. The number of carbonyl (C=O) groups is 12. The molecule has 0 saturated heterocycles. The molecule has 2 unspecified atom stereocenters. The molecule has 1 heterocycles. The molecule has 11 amide bonds. The Morgan fingerprint density at radius 2 is 1.07 bits per heavy atom. The largest absolute Gasteiger partial charge is 0.463 e. The summed E-state index contributed by atoms with van der Waals surface area (Å²) in [5, 5.41) is 20.9. The van der Waals surface area contributed by atoms with E-state index in [0.29, 0.717) is 35.4 Å². The summed E-state index contributed by atoms with van der Waals surface area (Å²) in [5.41, 5.74) is 6.67. The summed E-state index contributed by atoms with van der Waals surface area (Å²) in [4.78, 5) is 153. The van der Waals surface area contributed by atoms with E-state index >= 15 is 0 Å². The second-order valence-electron chi connectivity index (χ2n) is 17.6. The van der Waals surface area contributed by atoms with Gasteiger partial charge in [-0.1, -0.05) is 52.0 Å². The molecule has 0 spiro atoms. The zero-order valence-electron chi connectivity index (χ0n) is 41.3. The highest BCUT2D eigenvalue weighted by atomic mass is 16.5. The summed E-state index contributed by atoms with van der Waals surface area (Å²) in [6.07, 6.45) is 1.95. The van der Waals surface area contributed by atoms with Gasteiger partial charge in [0.05, 0.1) is 0 Å². The standard InChI is InChI=1S/C50H60N10O14/c1-28(2)42(48(70)53-30(5)44(66)55-35-12-8-31(9-13-35)24-73-26-61)58-45(67)33-21-34(23-37(22-33)54-39(63)18-20-60-40(64)16-17-41(60)65)46(68)59-43(29(3)4)49(71)57-38(7-6-19-52-50(51)72)47(69)56-36-14-10-32(11-15-36)25-74-27-62/h8-17,21-23,26-30,38,42-43H,6-7,18-20,24-25H2,1-5H3,(H,53,70)(H,54,63)(H,55,66)(H,56,69)(H,57,71)(H,58,67)(H,59,68)(H3,51,52,72)/t30-,38-,42?,43?/m0/s1. The van der Waals surface area contributed by atoms with Crippen molar-refractivity contribution in [3.05, 3.63) is 101 Å². The third kappa shape index (κ3) is 18.0. The summed E-state index contributed by atoms with van der Waals surface area (Å²) in [7, 11) is 0. The van der Waals surface area contributed by atoms with Gasteiger partial charge in [0.25, 0.3) is 36.6 Å². The van der Waals surface area contributed by atoms with Crippen molar-refractivity contribution in [1.29, 1.82) is 0 Å².